The summed E-state index contributed by atoms with van der Waals surface area (Å²) < 4.78 is 0. The predicted octanol–water partition coefficient (Wildman–Crippen LogP) is 3.74. The van der Waals surface area contributed by atoms with E-state index in [0.717, 1.165) is 23.0 Å². The van der Waals surface area contributed by atoms with Gasteiger partial charge in [0.25, 0.3) is 0 Å². The van der Waals surface area contributed by atoms with Crippen LogP contribution in [0.1, 0.15) is 15.9 Å². The lowest BCUT2D eigenvalue weighted by Crippen LogP contribution is -2.15. The third-order valence-electron chi connectivity index (χ3n) is 3.62. The maximum absolute atomic E-state index is 12.0. The number of aldehydes is 1. The Morgan fingerprint density at radius 1 is 0.917 bits per heavy atom. The molecule has 1 aromatic heterocycles. The number of hydrogen-bond acceptors (Lipinski definition) is 3. The summed E-state index contributed by atoms with van der Waals surface area (Å²) in [6.07, 6.45) is 2.83. The van der Waals surface area contributed by atoms with Gasteiger partial charge in [0.05, 0.1) is 6.42 Å². The quantitative estimate of drug-likeness (QED) is 0.729. The zero-order chi connectivity index (χ0) is 16.8. The number of nitrogens with one attached hydrogen (secondary N) is 1. The van der Waals surface area contributed by atoms with E-state index in [0.29, 0.717) is 17.8 Å². The SMILES string of the molecule is O=Cc1ccc(-c2ccc(NC(=O)Cc3ccccc3)nc2)cc1. The highest BCUT2D eigenvalue weighted by Crippen LogP contribution is 2.20. The minimum Gasteiger partial charge on any atom is -0.310 e. The first-order chi connectivity index (χ1) is 11.7. The first-order valence-corrected chi connectivity index (χ1v) is 7.60. The van der Waals surface area contributed by atoms with Crippen LogP contribution in [0.2, 0.25) is 0 Å². The number of nitrogens with zero attached hydrogens (tertiary/aromatic N) is 1. The number of carbonyl (C=O) groups excluding carboxylic acids is 2. The van der Waals surface area contributed by atoms with Gasteiger partial charge in [-0.3, -0.25) is 9.59 Å². The Labute approximate surface area is 140 Å². The minimum absolute atomic E-state index is 0.100. The van der Waals surface area contributed by atoms with Crippen LogP contribution in [0, 0.1) is 0 Å². The molecular formula is C20H16N2O2. The first kappa shape index (κ1) is 15.6. The van der Waals surface area contributed by atoms with E-state index in [4.69, 9.17) is 0 Å². The molecular weight excluding hydrogens is 300 g/mol. The fourth-order valence-corrected chi connectivity index (χ4v) is 2.36. The lowest BCUT2D eigenvalue weighted by Gasteiger charge is -2.06. The van der Waals surface area contributed by atoms with Crippen LogP contribution < -0.4 is 5.32 Å². The molecule has 1 heterocycles. The Kier molecular flexibility index (Phi) is 4.77. The molecule has 4 nitrogen and oxygen atoms in total. The van der Waals surface area contributed by atoms with E-state index >= 15 is 0 Å². The van der Waals surface area contributed by atoms with Crippen LogP contribution >= 0.6 is 0 Å². The molecule has 0 bridgehead atoms. The van der Waals surface area contributed by atoms with Crippen molar-refractivity contribution in [2.24, 2.45) is 0 Å². The summed E-state index contributed by atoms with van der Waals surface area (Å²) in [5.74, 6) is 0.418. The fraction of sp³-hybridized carbons (Fsp3) is 0.0500. The zero-order valence-corrected chi connectivity index (χ0v) is 13.0. The molecule has 0 atom stereocenters. The average molecular weight is 316 g/mol. The summed E-state index contributed by atoms with van der Waals surface area (Å²) in [4.78, 5) is 27.0. The van der Waals surface area contributed by atoms with Crippen molar-refractivity contribution in [3.8, 4) is 11.1 Å². The van der Waals surface area contributed by atoms with Crippen molar-refractivity contribution in [1.29, 1.82) is 0 Å². The number of aromatic nitrogens is 1. The molecule has 0 unspecified atom stereocenters. The number of pyridine rings is 1. The zero-order valence-electron chi connectivity index (χ0n) is 13.0. The van der Waals surface area contributed by atoms with Crippen LogP contribution in [0.5, 0.6) is 0 Å². The highest BCUT2D eigenvalue weighted by Gasteiger charge is 2.05. The third-order valence-corrected chi connectivity index (χ3v) is 3.62. The molecule has 0 saturated heterocycles. The number of carbonyl (C=O) groups is 2. The third kappa shape index (κ3) is 3.93. The maximum atomic E-state index is 12.0. The second kappa shape index (κ2) is 7.33. The molecule has 0 aliphatic rings. The monoisotopic (exact) mass is 316 g/mol. The predicted molar refractivity (Wildman–Crippen MR) is 93.8 cm³/mol. The summed E-state index contributed by atoms with van der Waals surface area (Å²) in [6.45, 7) is 0. The standard InChI is InChI=1S/C20H16N2O2/c23-14-16-6-8-17(9-7-16)18-10-11-19(21-13-18)22-20(24)12-15-4-2-1-3-5-15/h1-11,13-14H,12H2,(H,21,22,24). The van der Waals surface area contributed by atoms with Crippen LogP contribution in [-0.4, -0.2) is 17.2 Å². The number of rotatable bonds is 5. The van der Waals surface area contributed by atoms with Crippen LogP contribution in [0.15, 0.2) is 72.9 Å². The van der Waals surface area contributed by atoms with Crippen LogP contribution in [-0.2, 0) is 11.2 Å². The average Bonchev–Trinajstić information content (AvgIpc) is 2.63. The molecule has 0 aliphatic carbocycles. The van der Waals surface area contributed by atoms with Gasteiger partial charge in [-0.1, -0.05) is 54.6 Å². The van der Waals surface area contributed by atoms with Gasteiger partial charge in [-0.2, -0.15) is 0 Å². The molecule has 1 amide bonds. The van der Waals surface area contributed by atoms with Gasteiger partial charge in [-0.25, -0.2) is 4.98 Å². The van der Waals surface area contributed by atoms with Crippen LogP contribution in [0.25, 0.3) is 11.1 Å². The van der Waals surface area contributed by atoms with Crippen molar-refractivity contribution in [3.63, 3.8) is 0 Å². The minimum atomic E-state index is -0.100. The van der Waals surface area contributed by atoms with Gasteiger partial charge in [0.15, 0.2) is 0 Å². The Bertz CT molecular complexity index is 826. The molecule has 4 heteroatoms. The summed E-state index contributed by atoms with van der Waals surface area (Å²) in [5, 5.41) is 2.79. The van der Waals surface area contributed by atoms with E-state index in [-0.39, 0.29) is 5.91 Å². The van der Waals surface area contributed by atoms with Crippen molar-refractivity contribution in [2.75, 3.05) is 5.32 Å². The highest BCUT2D eigenvalue weighted by atomic mass is 16.1. The van der Waals surface area contributed by atoms with E-state index in [1.165, 1.54) is 0 Å². The Balaban J connectivity index is 1.65. The Morgan fingerprint density at radius 2 is 1.62 bits per heavy atom. The van der Waals surface area contributed by atoms with Gasteiger partial charge < -0.3 is 5.32 Å². The van der Waals surface area contributed by atoms with Crippen molar-refractivity contribution >= 4 is 18.0 Å². The molecule has 3 rings (SSSR count). The second-order valence-corrected chi connectivity index (χ2v) is 5.38. The lowest BCUT2D eigenvalue weighted by atomic mass is 10.1. The van der Waals surface area contributed by atoms with Crippen LogP contribution in [0.4, 0.5) is 5.82 Å². The van der Waals surface area contributed by atoms with Crippen molar-refractivity contribution in [3.05, 3.63) is 84.1 Å². The lowest BCUT2D eigenvalue weighted by molar-refractivity contribution is -0.115. The summed E-state index contributed by atoms with van der Waals surface area (Å²) in [6, 6.07) is 20.5. The van der Waals surface area contributed by atoms with E-state index in [1.54, 1.807) is 24.4 Å². The molecule has 24 heavy (non-hydrogen) atoms. The van der Waals surface area contributed by atoms with E-state index in [9.17, 15) is 9.59 Å². The molecule has 118 valence electrons. The number of hydrogen-bond donors (Lipinski definition) is 1. The number of benzene rings is 2. The van der Waals surface area contributed by atoms with Crippen molar-refractivity contribution in [2.45, 2.75) is 6.42 Å². The van der Waals surface area contributed by atoms with Gasteiger partial charge in [0.1, 0.15) is 12.1 Å². The van der Waals surface area contributed by atoms with Gasteiger partial charge in [0.2, 0.25) is 5.91 Å². The molecule has 3 aromatic rings. The highest BCUT2D eigenvalue weighted by molar-refractivity contribution is 5.91. The van der Waals surface area contributed by atoms with Gasteiger partial charge in [-0.05, 0) is 23.3 Å². The topological polar surface area (TPSA) is 59.1 Å². The largest absolute Gasteiger partial charge is 0.310 e. The van der Waals surface area contributed by atoms with Crippen LogP contribution in [0.3, 0.4) is 0 Å². The van der Waals surface area contributed by atoms with Gasteiger partial charge in [-0.15, -0.1) is 0 Å². The normalized spacial score (nSPS) is 10.2. The Morgan fingerprint density at radius 3 is 2.25 bits per heavy atom. The Hall–Kier alpha value is -3.27. The number of anilines is 1. The summed E-state index contributed by atoms with van der Waals surface area (Å²) in [5.41, 5.74) is 3.49. The van der Waals surface area contributed by atoms with Gasteiger partial charge in [0, 0.05) is 17.3 Å². The van der Waals surface area contributed by atoms with Crippen molar-refractivity contribution < 1.29 is 9.59 Å². The summed E-state index contributed by atoms with van der Waals surface area (Å²) >= 11 is 0. The summed E-state index contributed by atoms with van der Waals surface area (Å²) in [7, 11) is 0. The van der Waals surface area contributed by atoms with E-state index < -0.39 is 0 Å². The van der Waals surface area contributed by atoms with Gasteiger partial charge >= 0.3 is 0 Å². The molecule has 0 aliphatic heterocycles. The van der Waals surface area contributed by atoms with Crippen molar-refractivity contribution in [1.82, 2.24) is 4.98 Å². The maximum Gasteiger partial charge on any atom is 0.229 e. The van der Waals surface area contributed by atoms with E-state index in [1.807, 2.05) is 48.5 Å². The molecule has 0 fully saturated rings. The molecule has 0 spiro atoms. The second-order valence-electron chi connectivity index (χ2n) is 5.38. The number of amides is 1. The molecule has 0 saturated carbocycles. The smallest absolute Gasteiger partial charge is 0.229 e. The first-order valence-electron chi connectivity index (χ1n) is 7.60. The molecule has 0 radical (unpaired) electrons. The van der Waals surface area contributed by atoms with E-state index in [2.05, 4.69) is 10.3 Å². The molecule has 1 N–H and O–H groups in total. The molecule has 2 aromatic carbocycles. The fourth-order valence-electron chi connectivity index (χ4n) is 2.36.